The second-order valence-corrected chi connectivity index (χ2v) is 5.71. The number of nitrogens with one attached hydrogen (secondary N) is 1. The Morgan fingerprint density at radius 3 is 3.00 bits per heavy atom. The van der Waals surface area contributed by atoms with Crippen LogP contribution in [0.1, 0.15) is 31.0 Å². The summed E-state index contributed by atoms with van der Waals surface area (Å²) in [5.41, 5.74) is 2.61. The summed E-state index contributed by atoms with van der Waals surface area (Å²) in [6.45, 7) is 3.28. The molecule has 4 heteroatoms. The summed E-state index contributed by atoms with van der Waals surface area (Å²) in [7, 11) is 0. The molecule has 0 aromatic carbocycles. The van der Waals surface area contributed by atoms with Crippen molar-refractivity contribution in [2.24, 2.45) is 5.92 Å². The molecule has 1 aliphatic carbocycles. The van der Waals surface area contributed by atoms with E-state index in [1.165, 1.54) is 29.9 Å². The molecule has 1 heterocycles. The van der Waals surface area contributed by atoms with Gasteiger partial charge in [0.2, 0.25) is 0 Å². The van der Waals surface area contributed by atoms with Gasteiger partial charge in [-0.25, -0.2) is 9.97 Å². The summed E-state index contributed by atoms with van der Waals surface area (Å²) in [5, 5.41) is 3.49. The molecule has 3 nitrogen and oxygen atoms in total. The quantitative estimate of drug-likeness (QED) is 0.873. The molecule has 1 unspecified atom stereocenters. The molecule has 0 amide bonds. The number of hydrogen-bond acceptors (Lipinski definition) is 4. The van der Waals surface area contributed by atoms with Crippen LogP contribution in [0, 0.1) is 5.92 Å². The lowest BCUT2D eigenvalue weighted by atomic mass is 9.96. The summed E-state index contributed by atoms with van der Waals surface area (Å²) < 4.78 is 0. The van der Waals surface area contributed by atoms with E-state index < -0.39 is 0 Å². The molecule has 94 valence electrons. The zero-order chi connectivity index (χ0) is 12.1. The van der Waals surface area contributed by atoms with Crippen molar-refractivity contribution in [1.82, 2.24) is 9.97 Å². The van der Waals surface area contributed by atoms with Gasteiger partial charge in [-0.2, -0.15) is 11.8 Å². The third-order valence-corrected chi connectivity index (χ3v) is 4.10. The maximum atomic E-state index is 4.40. The Hall–Kier alpha value is -0.770. The van der Waals surface area contributed by atoms with Crippen LogP contribution in [0.5, 0.6) is 0 Å². The molecule has 2 rings (SSSR count). The highest BCUT2D eigenvalue weighted by atomic mass is 32.2. The zero-order valence-electron chi connectivity index (χ0n) is 10.7. The van der Waals surface area contributed by atoms with Gasteiger partial charge in [-0.15, -0.1) is 0 Å². The molecular formula is C13H21N3S. The number of nitrogens with zero attached hydrogens (tertiary/aromatic N) is 2. The predicted molar refractivity (Wildman–Crippen MR) is 74.7 cm³/mol. The van der Waals surface area contributed by atoms with Crippen LogP contribution in [0.15, 0.2) is 6.33 Å². The summed E-state index contributed by atoms with van der Waals surface area (Å²) in [4.78, 5) is 8.78. The summed E-state index contributed by atoms with van der Waals surface area (Å²) in [6, 6.07) is 0. The van der Waals surface area contributed by atoms with Gasteiger partial charge in [0, 0.05) is 17.8 Å². The van der Waals surface area contributed by atoms with Crippen LogP contribution in [0.25, 0.3) is 0 Å². The number of thioether (sulfide) groups is 1. The van der Waals surface area contributed by atoms with Gasteiger partial charge in [0.1, 0.15) is 12.1 Å². The van der Waals surface area contributed by atoms with Gasteiger partial charge in [-0.05, 0) is 43.6 Å². The minimum atomic E-state index is 0.680. The number of aryl methyl sites for hydroxylation is 1. The van der Waals surface area contributed by atoms with E-state index in [9.17, 15) is 0 Å². The number of aromatic nitrogens is 2. The van der Waals surface area contributed by atoms with Crippen molar-refractivity contribution in [2.75, 3.05) is 23.9 Å². The van der Waals surface area contributed by atoms with Gasteiger partial charge in [0.05, 0.1) is 0 Å². The third kappa shape index (κ3) is 3.35. The molecular weight excluding hydrogens is 230 g/mol. The Balaban J connectivity index is 2.01. The standard InChI is InChI=1S/C13H21N3S/c1-10(8-17-2)7-14-13-11-5-3-4-6-12(11)15-9-16-13/h9-10H,3-8H2,1-2H3,(H,14,15,16). The summed E-state index contributed by atoms with van der Waals surface area (Å²) in [6.07, 6.45) is 8.65. The van der Waals surface area contributed by atoms with Gasteiger partial charge >= 0.3 is 0 Å². The normalized spacial score (nSPS) is 16.4. The van der Waals surface area contributed by atoms with Crippen molar-refractivity contribution in [3.05, 3.63) is 17.6 Å². The average molecular weight is 251 g/mol. The highest BCUT2D eigenvalue weighted by Gasteiger charge is 2.15. The van der Waals surface area contributed by atoms with Crippen LogP contribution in [0.2, 0.25) is 0 Å². The lowest BCUT2D eigenvalue weighted by molar-refractivity contribution is 0.657. The van der Waals surface area contributed by atoms with E-state index in [0.717, 1.165) is 25.2 Å². The number of hydrogen-bond donors (Lipinski definition) is 1. The largest absolute Gasteiger partial charge is 0.369 e. The molecule has 1 N–H and O–H groups in total. The number of rotatable bonds is 5. The van der Waals surface area contributed by atoms with E-state index in [1.807, 2.05) is 11.8 Å². The zero-order valence-corrected chi connectivity index (χ0v) is 11.5. The Labute approximate surface area is 108 Å². The number of fused-ring (bicyclic) bond motifs is 1. The molecule has 0 aliphatic heterocycles. The predicted octanol–water partition coefficient (Wildman–Crippen LogP) is 2.77. The summed E-state index contributed by atoms with van der Waals surface area (Å²) in [5.74, 6) is 2.95. The minimum absolute atomic E-state index is 0.680. The molecule has 1 aromatic rings. The highest BCUT2D eigenvalue weighted by Crippen LogP contribution is 2.24. The van der Waals surface area contributed by atoms with Gasteiger partial charge in [-0.3, -0.25) is 0 Å². The second-order valence-electron chi connectivity index (χ2n) is 4.80. The molecule has 0 spiro atoms. The maximum absolute atomic E-state index is 4.40. The second kappa shape index (κ2) is 6.24. The monoisotopic (exact) mass is 251 g/mol. The van der Waals surface area contributed by atoms with E-state index in [-0.39, 0.29) is 0 Å². The van der Waals surface area contributed by atoms with E-state index >= 15 is 0 Å². The van der Waals surface area contributed by atoms with E-state index in [1.54, 1.807) is 6.33 Å². The van der Waals surface area contributed by atoms with Gasteiger partial charge in [0.15, 0.2) is 0 Å². The third-order valence-electron chi connectivity index (χ3n) is 3.19. The van der Waals surface area contributed by atoms with Crippen LogP contribution < -0.4 is 5.32 Å². The lowest BCUT2D eigenvalue weighted by Crippen LogP contribution is -2.17. The van der Waals surface area contributed by atoms with Crippen LogP contribution in [0.3, 0.4) is 0 Å². The Bertz CT molecular complexity index is 368. The van der Waals surface area contributed by atoms with Crippen molar-refractivity contribution in [2.45, 2.75) is 32.6 Å². The van der Waals surface area contributed by atoms with Crippen LogP contribution in [0.4, 0.5) is 5.82 Å². The van der Waals surface area contributed by atoms with Crippen molar-refractivity contribution < 1.29 is 0 Å². The summed E-state index contributed by atoms with van der Waals surface area (Å²) >= 11 is 1.90. The molecule has 1 atom stereocenters. The first-order valence-corrected chi connectivity index (χ1v) is 7.76. The molecule has 1 aromatic heterocycles. The van der Waals surface area contributed by atoms with Gasteiger partial charge in [-0.1, -0.05) is 6.92 Å². The fourth-order valence-corrected chi connectivity index (χ4v) is 2.97. The van der Waals surface area contributed by atoms with Crippen molar-refractivity contribution in [3.63, 3.8) is 0 Å². The molecule has 0 saturated carbocycles. The Morgan fingerprint density at radius 1 is 1.35 bits per heavy atom. The Kier molecular flexibility index (Phi) is 4.66. The lowest BCUT2D eigenvalue weighted by Gasteiger charge is -2.19. The fourth-order valence-electron chi connectivity index (χ4n) is 2.29. The molecule has 0 saturated heterocycles. The van der Waals surface area contributed by atoms with E-state index in [0.29, 0.717) is 5.92 Å². The molecule has 0 bridgehead atoms. The SMILES string of the molecule is CSCC(C)CNc1ncnc2c1CCCC2. The van der Waals surface area contributed by atoms with Crippen molar-refractivity contribution in [3.8, 4) is 0 Å². The van der Waals surface area contributed by atoms with Gasteiger partial charge in [0.25, 0.3) is 0 Å². The molecule has 17 heavy (non-hydrogen) atoms. The van der Waals surface area contributed by atoms with Crippen LogP contribution >= 0.6 is 11.8 Å². The van der Waals surface area contributed by atoms with Gasteiger partial charge < -0.3 is 5.32 Å². The van der Waals surface area contributed by atoms with E-state index in [2.05, 4.69) is 28.5 Å². The highest BCUT2D eigenvalue weighted by molar-refractivity contribution is 7.98. The maximum Gasteiger partial charge on any atom is 0.132 e. The van der Waals surface area contributed by atoms with Crippen molar-refractivity contribution >= 4 is 17.6 Å². The average Bonchev–Trinajstić information content (AvgIpc) is 2.36. The first kappa shape index (κ1) is 12.7. The Morgan fingerprint density at radius 2 is 2.18 bits per heavy atom. The number of anilines is 1. The topological polar surface area (TPSA) is 37.8 Å². The molecule has 0 radical (unpaired) electrons. The van der Waals surface area contributed by atoms with E-state index in [4.69, 9.17) is 0 Å². The first-order valence-electron chi connectivity index (χ1n) is 6.37. The minimum Gasteiger partial charge on any atom is -0.369 e. The van der Waals surface area contributed by atoms with Crippen molar-refractivity contribution in [1.29, 1.82) is 0 Å². The first-order chi connectivity index (χ1) is 8.31. The van der Waals surface area contributed by atoms with Crippen LogP contribution in [-0.4, -0.2) is 28.5 Å². The smallest absolute Gasteiger partial charge is 0.132 e. The van der Waals surface area contributed by atoms with Crippen LogP contribution in [-0.2, 0) is 12.8 Å². The molecule has 1 aliphatic rings. The molecule has 0 fully saturated rings. The fraction of sp³-hybridized carbons (Fsp3) is 0.692.